The highest BCUT2D eigenvalue weighted by molar-refractivity contribution is 6.31. The predicted molar refractivity (Wildman–Crippen MR) is 129 cm³/mol. The van der Waals surface area contributed by atoms with Gasteiger partial charge in [-0.15, -0.1) is 0 Å². The van der Waals surface area contributed by atoms with Crippen molar-refractivity contribution < 1.29 is 4.79 Å². The Balaban J connectivity index is 1.42. The van der Waals surface area contributed by atoms with Crippen LogP contribution in [-0.2, 0) is 13.1 Å². The molecule has 2 heterocycles. The Kier molecular flexibility index (Phi) is 7.08. The van der Waals surface area contributed by atoms with E-state index in [9.17, 15) is 9.59 Å². The fourth-order valence-corrected chi connectivity index (χ4v) is 4.32. The summed E-state index contributed by atoms with van der Waals surface area (Å²) in [5.41, 5.74) is 3.03. The molecule has 1 saturated heterocycles. The van der Waals surface area contributed by atoms with Gasteiger partial charge in [-0.25, -0.2) is 0 Å². The minimum absolute atomic E-state index is 0.183. The van der Waals surface area contributed by atoms with Crippen molar-refractivity contribution in [3.63, 3.8) is 0 Å². The Labute approximate surface area is 193 Å². The third-order valence-electron chi connectivity index (χ3n) is 6.08. The Morgan fingerprint density at radius 2 is 1.81 bits per heavy atom. The van der Waals surface area contributed by atoms with Crippen LogP contribution in [0.15, 0.2) is 71.7 Å². The van der Waals surface area contributed by atoms with Gasteiger partial charge < -0.3 is 9.88 Å². The Bertz CT molecular complexity index is 1140. The first-order chi connectivity index (χ1) is 15.5. The molecular formula is C26H28ClN3O2. The van der Waals surface area contributed by atoms with E-state index in [0.29, 0.717) is 23.2 Å². The molecule has 0 bridgehead atoms. The summed E-state index contributed by atoms with van der Waals surface area (Å²) in [5.74, 6) is -0.254. The van der Waals surface area contributed by atoms with Crippen LogP contribution in [0.25, 0.3) is 0 Å². The summed E-state index contributed by atoms with van der Waals surface area (Å²) in [6, 6.07) is 18.9. The van der Waals surface area contributed by atoms with Gasteiger partial charge in [-0.1, -0.05) is 48.4 Å². The van der Waals surface area contributed by atoms with Gasteiger partial charge in [0.2, 0.25) is 0 Å². The number of benzene rings is 2. The molecule has 1 atom stereocenters. The van der Waals surface area contributed by atoms with E-state index in [1.807, 2.05) is 30.3 Å². The molecule has 0 aliphatic carbocycles. The maximum atomic E-state index is 12.8. The molecule has 4 rings (SSSR count). The van der Waals surface area contributed by atoms with Gasteiger partial charge in [0.1, 0.15) is 0 Å². The number of likely N-dealkylation sites (tertiary alicyclic amines) is 1. The molecular weight excluding hydrogens is 422 g/mol. The minimum atomic E-state index is -0.254. The second-order valence-corrected chi connectivity index (χ2v) is 8.85. The maximum absolute atomic E-state index is 12.8. The molecule has 0 radical (unpaired) electrons. The molecule has 1 unspecified atom stereocenters. The lowest BCUT2D eigenvalue weighted by Crippen LogP contribution is -2.36. The molecule has 1 aliphatic rings. The van der Waals surface area contributed by atoms with Crippen LogP contribution < -0.4 is 10.9 Å². The van der Waals surface area contributed by atoms with E-state index >= 15 is 0 Å². The number of hydrogen-bond donors (Lipinski definition) is 1. The first-order valence-electron chi connectivity index (χ1n) is 11.1. The molecule has 1 fully saturated rings. The predicted octanol–water partition coefficient (Wildman–Crippen LogP) is 5.18. The Morgan fingerprint density at radius 3 is 2.56 bits per heavy atom. The van der Waals surface area contributed by atoms with Crippen molar-refractivity contribution in [1.82, 2.24) is 9.47 Å². The average Bonchev–Trinajstić information content (AvgIpc) is 2.79. The lowest BCUT2D eigenvalue weighted by molar-refractivity contribution is 0.102. The molecule has 3 aromatic rings. The summed E-state index contributed by atoms with van der Waals surface area (Å²) in [6.07, 6.45) is 5.41. The van der Waals surface area contributed by atoms with Gasteiger partial charge >= 0.3 is 0 Å². The van der Waals surface area contributed by atoms with Crippen molar-refractivity contribution in [3.05, 3.63) is 98.9 Å². The molecule has 166 valence electrons. The number of nitrogens with one attached hydrogen (secondary N) is 1. The van der Waals surface area contributed by atoms with E-state index in [2.05, 4.69) is 29.3 Å². The molecule has 2 aromatic carbocycles. The number of nitrogens with zero attached hydrogens (tertiary/aromatic N) is 2. The van der Waals surface area contributed by atoms with Crippen molar-refractivity contribution >= 4 is 23.2 Å². The van der Waals surface area contributed by atoms with Crippen LogP contribution in [-0.4, -0.2) is 28.0 Å². The minimum Gasteiger partial charge on any atom is -0.322 e. The zero-order chi connectivity index (χ0) is 22.5. The number of halogens is 1. The summed E-state index contributed by atoms with van der Waals surface area (Å²) in [5, 5.41) is 3.52. The summed E-state index contributed by atoms with van der Waals surface area (Å²) in [4.78, 5) is 27.6. The number of anilines is 1. The lowest BCUT2D eigenvalue weighted by atomic mass is 10.0. The largest absolute Gasteiger partial charge is 0.322 e. The second-order valence-electron chi connectivity index (χ2n) is 8.44. The van der Waals surface area contributed by atoms with E-state index in [0.717, 1.165) is 24.3 Å². The van der Waals surface area contributed by atoms with Crippen molar-refractivity contribution in [2.45, 2.75) is 45.3 Å². The maximum Gasteiger partial charge on any atom is 0.257 e. The van der Waals surface area contributed by atoms with Crippen LogP contribution in [0, 0.1) is 0 Å². The van der Waals surface area contributed by atoms with Crippen molar-refractivity contribution in [1.29, 1.82) is 0 Å². The molecule has 0 saturated carbocycles. The number of carbonyl (C=O) groups excluding carboxylic acids is 1. The van der Waals surface area contributed by atoms with Crippen molar-refractivity contribution in [3.8, 4) is 0 Å². The number of hydrogen-bond acceptors (Lipinski definition) is 3. The molecule has 1 amide bonds. The van der Waals surface area contributed by atoms with Gasteiger partial charge in [-0.05, 0) is 61.7 Å². The smallest absolute Gasteiger partial charge is 0.257 e. The summed E-state index contributed by atoms with van der Waals surface area (Å²) in [6.45, 7) is 4.67. The van der Waals surface area contributed by atoms with Crippen molar-refractivity contribution in [2.75, 3.05) is 11.9 Å². The second kappa shape index (κ2) is 10.2. The van der Waals surface area contributed by atoms with Crippen LogP contribution >= 0.6 is 11.6 Å². The lowest BCUT2D eigenvalue weighted by Gasteiger charge is -2.33. The van der Waals surface area contributed by atoms with E-state index in [4.69, 9.17) is 11.6 Å². The summed E-state index contributed by atoms with van der Waals surface area (Å²) >= 11 is 6.22. The van der Waals surface area contributed by atoms with Crippen LogP contribution in [0.1, 0.15) is 47.7 Å². The number of pyridine rings is 1. The zero-order valence-corrected chi connectivity index (χ0v) is 19.0. The molecule has 32 heavy (non-hydrogen) atoms. The van der Waals surface area contributed by atoms with Crippen LogP contribution in [0.3, 0.4) is 0 Å². The van der Waals surface area contributed by atoms with E-state index < -0.39 is 0 Å². The highest BCUT2D eigenvalue weighted by Gasteiger charge is 2.18. The standard InChI is InChI=1S/C26H28ClN3O2/c1-19-6-4-5-15-29(19)16-20-9-12-23(13-10-20)28-26(32)22-11-14-25(31)30(18-22)17-21-7-2-3-8-24(21)27/h2-3,7-14,18-19H,4-6,15-17H2,1H3,(H,28,32). The number of rotatable bonds is 6. The monoisotopic (exact) mass is 449 g/mol. The zero-order valence-electron chi connectivity index (χ0n) is 18.3. The van der Waals surface area contributed by atoms with E-state index in [1.165, 1.54) is 35.5 Å². The fourth-order valence-electron chi connectivity index (χ4n) is 4.12. The van der Waals surface area contributed by atoms with Gasteiger partial charge in [0.05, 0.1) is 12.1 Å². The molecule has 6 heteroatoms. The van der Waals surface area contributed by atoms with Crippen LogP contribution in [0.2, 0.25) is 5.02 Å². The fraction of sp³-hybridized carbons (Fsp3) is 0.308. The van der Waals surface area contributed by atoms with Gasteiger partial charge in [0.15, 0.2) is 0 Å². The van der Waals surface area contributed by atoms with Crippen LogP contribution in [0.5, 0.6) is 0 Å². The summed E-state index contributed by atoms with van der Waals surface area (Å²) in [7, 11) is 0. The van der Waals surface area contributed by atoms with Gasteiger partial charge in [0.25, 0.3) is 11.5 Å². The Morgan fingerprint density at radius 1 is 1.03 bits per heavy atom. The highest BCUT2D eigenvalue weighted by Crippen LogP contribution is 2.20. The number of piperidine rings is 1. The van der Waals surface area contributed by atoms with Crippen LogP contribution in [0.4, 0.5) is 5.69 Å². The van der Waals surface area contributed by atoms with Crippen molar-refractivity contribution in [2.24, 2.45) is 0 Å². The first-order valence-corrected chi connectivity index (χ1v) is 11.5. The van der Waals surface area contributed by atoms with Gasteiger partial charge in [-0.3, -0.25) is 14.5 Å². The average molecular weight is 450 g/mol. The van der Waals surface area contributed by atoms with E-state index in [1.54, 1.807) is 18.3 Å². The number of aromatic nitrogens is 1. The van der Waals surface area contributed by atoms with E-state index in [-0.39, 0.29) is 11.5 Å². The SMILES string of the molecule is CC1CCCCN1Cc1ccc(NC(=O)c2ccc(=O)n(Cc3ccccc3Cl)c2)cc1. The topological polar surface area (TPSA) is 54.3 Å². The Hall–Kier alpha value is -2.89. The third kappa shape index (κ3) is 5.47. The number of carbonyl (C=O) groups is 1. The third-order valence-corrected chi connectivity index (χ3v) is 6.45. The molecule has 5 nitrogen and oxygen atoms in total. The molecule has 1 aromatic heterocycles. The normalized spacial score (nSPS) is 16.6. The summed E-state index contributed by atoms with van der Waals surface area (Å²) < 4.78 is 1.50. The number of amides is 1. The quantitative estimate of drug-likeness (QED) is 0.564. The van der Waals surface area contributed by atoms with Gasteiger partial charge in [-0.2, -0.15) is 0 Å². The van der Waals surface area contributed by atoms with Gasteiger partial charge in [0, 0.05) is 35.6 Å². The highest BCUT2D eigenvalue weighted by atomic mass is 35.5. The molecule has 0 spiro atoms. The first kappa shape index (κ1) is 22.3. The molecule has 1 aliphatic heterocycles. The molecule has 1 N–H and O–H groups in total.